The van der Waals surface area contributed by atoms with E-state index in [4.69, 9.17) is 4.74 Å². The number of sulfonamides is 1. The van der Waals surface area contributed by atoms with Crippen LogP contribution in [0.4, 0.5) is 5.69 Å². The predicted octanol–water partition coefficient (Wildman–Crippen LogP) is 3.37. The largest absolute Gasteiger partial charge is 0.508 e. The molecular weight excluding hydrogens is 302 g/mol. The van der Waals surface area contributed by atoms with Crippen LogP contribution in [0.3, 0.4) is 0 Å². The SMILES string of the molecule is CCCCOc1ccc(S(=O)(=O)Nc2ccc(O)cc2)cc1. The smallest absolute Gasteiger partial charge is 0.261 e. The molecule has 0 heterocycles. The van der Waals surface area contributed by atoms with Crippen LogP contribution >= 0.6 is 0 Å². The van der Waals surface area contributed by atoms with Crippen LogP contribution in [0.1, 0.15) is 19.8 Å². The summed E-state index contributed by atoms with van der Waals surface area (Å²) in [6.45, 7) is 2.70. The molecule has 6 heteroatoms. The number of hydrogen-bond donors (Lipinski definition) is 2. The molecule has 118 valence electrons. The van der Waals surface area contributed by atoms with E-state index in [1.54, 1.807) is 12.1 Å². The molecule has 22 heavy (non-hydrogen) atoms. The van der Waals surface area contributed by atoms with E-state index in [-0.39, 0.29) is 10.6 Å². The Kier molecular flexibility index (Phi) is 5.27. The third-order valence-electron chi connectivity index (χ3n) is 3.02. The Bertz CT molecular complexity index is 694. The maximum Gasteiger partial charge on any atom is 0.261 e. The van der Waals surface area contributed by atoms with E-state index in [9.17, 15) is 13.5 Å². The summed E-state index contributed by atoms with van der Waals surface area (Å²) >= 11 is 0. The molecule has 0 spiro atoms. The Morgan fingerprint density at radius 2 is 1.68 bits per heavy atom. The zero-order chi connectivity index (χ0) is 16.0. The molecule has 0 saturated heterocycles. The minimum atomic E-state index is -3.66. The fourth-order valence-corrected chi connectivity index (χ4v) is 2.85. The van der Waals surface area contributed by atoms with Crippen molar-refractivity contribution in [2.24, 2.45) is 0 Å². The highest BCUT2D eigenvalue weighted by molar-refractivity contribution is 7.92. The lowest BCUT2D eigenvalue weighted by Crippen LogP contribution is -2.12. The minimum absolute atomic E-state index is 0.0801. The first-order valence-electron chi connectivity index (χ1n) is 7.06. The van der Waals surface area contributed by atoms with Gasteiger partial charge in [0.2, 0.25) is 0 Å². The second-order valence-corrected chi connectivity index (χ2v) is 6.51. The van der Waals surface area contributed by atoms with Crippen LogP contribution in [0.5, 0.6) is 11.5 Å². The highest BCUT2D eigenvalue weighted by Crippen LogP contribution is 2.20. The van der Waals surface area contributed by atoms with E-state index in [0.717, 1.165) is 12.8 Å². The van der Waals surface area contributed by atoms with E-state index >= 15 is 0 Å². The van der Waals surface area contributed by atoms with Gasteiger partial charge in [-0.3, -0.25) is 4.72 Å². The third kappa shape index (κ3) is 4.39. The van der Waals surface area contributed by atoms with E-state index in [1.807, 2.05) is 0 Å². The van der Waals surface area contributed by atoms with Crippen molar-refractivity contribution in [3.05, 3.63) is 48.5 Å². The molecule has 0 aliphatic carbocycles. The molecule has 0 fully saturated rings. The number of benzene rings is 2. The topological polar surface area (TPSA) is 75.6 Å². The second kappa shape index (κ2) is 7.17. The van der Waals surface area contributed by atoms with Crippen molar-refractivity contribution in [1.29, 1.82) is 0 Å². The number of aromatic hydroxyl groups is 1. The molecule has 0 amide bonds. The number of anilines is 1. The summed E-state index contributed by atoms with van der Waals surface area (Å²) < 4.78 is 32.4. The van der Waals surface area contributed by atoms with Gasteiger partial charge in [-0.15, -0.1) is 0 Å². The van der Waals surface area contributed by atoms with Crippen molar-refractivity contribution < 1.29 is 18.3 Å². The molecule has 0 saturated carbocycles. The molecule has 0 aromatic heterocycles. The summed E-state index contributed by atoms with van der Waals surface area (Å²) in [7, 11) is -3.66. The van der Waals surface area contributed by atoms with Gasteiger partial charge in [-0.1, -0.05) is 13.3 Å². The van der Waals surface area contributed by atoms with Crippen molar-refractivity contribution in [3.8, 4) is 11.5 Å². The first-order valence-corrected chi connectivity index (χ1v) is 8.54. The average molecular weight is 321 g/mol. The van der Waals surface area contributed by atoms with Crippen LogP contribution in [0, 0.1) is 0 Å². The van der Waals surface area contributed by atoms with Gasteiger partial charge in [0.1, 0.15) is 11.5 Å². The number of phenolic OH excluding ortho intramolecular Hbond substituents is 1. The van der Waals surface area contributed by atoms with Crippen LogP contribution in [0.25, 0.3) is 0 Å². The number of ether oxygens (including phenoxy) is 1. The maximum absolute atomic E-state index is 12.2. The number of rotatable bonds is 7. The third-order valence-corrected chi connectivity index (χ3v) is 4.42. The Labute approximate surface area is 130 Å². The molecule has 0 aliphatic heterocycles. The van der Waals surface area contributed by atoms with Gasteiger partial charge in [-0.25, -0.2) is 8.42 Å². The van der Waals surface area contributed by atoms with Crippen molar-refractivity contribution in [1.82, 2.24) is 0 Å². The van der Waals surface area contributed by atoms with Crippen LogP contribution in [0.15, 0.2) is 53.4 Å². The van der Waals surface area contributed by atoms with Gasteiger partial charge in [0.15, 0.2) is 0 Å². The predicted molar refractivity (Wildman–Crippen MR) is 85.8 cm³/mol. The molecular formula is C16H19NO4S. The van der Waals surface area contributed by atoms with E-state index in [1.165, 1.54) is 36.4 Å². The van der Waals surface area contributed by atoms with E-state index in [0.29, 0.717) is 18.0 Å². The Balaban J connectivity index is 2.07. The first-order chi connectivity index (χ1) is 10.5. The lowest BCUT2D eigenvalue weighted by atomic mass is 10.3. The van der Waals surface area contributed by atoms with E-state index in [2.05, 4.69) is 11.6 Å². The van der Waals surface area contributed by atoms with Gasteiger partial charge in [0.25, 0.3) is 10.0 Å². The van der Waals surface area contributed by atoms with Gasteiger partial charge in [0, 0.05) is 5.69 Å². The summed E-state index contributed by atoms with van der Waals surface area (Å²) in [5.41, 5.74) is 0.390. The lowest BCUT2D eigenvalue weighted by Gasteiger charge is -2.09. The minimum Gasteiger partial charge on any atom is -0.508 e. The lowest BCUT2D eigenvalue weighted by molar-refractivity contribution is 0.309. The molecule has 0 aliphatic rings. The van der Waals surface area contributed by atoms with Crippen molar-refractivity contribution in [3.63, 3.8) is 0 Å². The monoisotopic (exact) mass is 321 g/mol. The summed E-state index contributed by atoms with van der Waals surface area (Å²) in [5, 5.41) is 9.20. The van der Waals surface area contributed by atoms with Gasteiger partial charge in [0.05, 0.1) is 11.5 Å². The molecule has 2 rings (SSSR count). The fourth-order valence-electron chi connectivity index (χ4n) is 1.79. The van der Waals surface area contributed by atoms with Gasteiger partial charge in [-0.05, 0) is 55.0 Å². The Morgan fingerprint density at radius 3 is 2.27 bits per heavy atom. The van der Waals surface area contributed by atoms with Crippen LogP contribution < -0.4 is 9.46 Å². The summed E-state index contributed by atoms with van der Waals surface area (Å²) in [6, 6.07) is 12.1. The fraction of sp³-hybridized carbons (Fsp3) is 0.250. The first kappa shape index (κ1) is 16.2. The summed E-state index contributed by atoms with van der Waals surface area (Å²) in [4.78, 5) is 0.156. The van der Waals surface area contributed by atoms with Crippen molar-refractivity contribution >= 4 is 15.7 Å². The molecule has 2 aromatic rings. The summed E-state index contributed by atoms with van der Waals surface area (Å²) in [5.74, 6) is 0.730. The summed E-state index contributed by atoms with van der Waals surface area (Å²) in [6.07, 6.45) is 2.01. The molecule has 0 atom stereocenters. The molecule has 0 unspecified atom stereocenters. The number of phenols is 1. The van der Waals surface area contributed by atoms with Crippen LogP contribution in [-0.2, 0) is 10.0 Å². The zero-order valence-electron chi connectivity index (χ0n) is 12.3. The number of nitrogens with one attached hydrogen (secondary N) is 1. The number of hydrogen-bond acceptors (Lipinski definition) is 4. The van der Waals surface area contributed by atoms with Crippen molar-refractivity contribution in [2.75, 3.05) is 11.3 Å². The molecule has 2 aromatic carbocycles. The Hall–Kier alpha value is -2.21. The quantitative estimate of drug-likeness (QED) is 0.605. The van der Waals surface area contributed by atoms with Crippen molar-refractivity contribution in [2.45, 2.75) is 24.7 Å². The van der Waals surface area contributed by atoms with Gasteiger partial charge in [-0.2, -0.15) is 0 Å². The van der Waals surface area contributed by atoms with Crippen LogP contribution in [0.2, 0.25) is 0 Å². The van der Waals surface area contributed by atoms with Gasteiger partial charge >= 0.3 is 0 Å². The molecule has 5 nitrogen and oxygen atoms in total. The normalized spacial score (nSPS) is 11.1. The second-order valence-electron chi connectivity index (χ2n) is 4.83. The van der Waals surface area contributed by atoms with E-state index < -0.39 is 10.0 Å². The highest BCUT2D eigenvalue weighted by atomic mass is 32.2. The number of unbranched alkanes of at least 4 members (excludes halogenated alkanes) is 1. The molecule has 2 N–H and O–H groups in total. The standard InChI is InChI=1S/C16H19NO4S/c1-2-3-12-21-15-8-10-16(11-9-15)22(19,20)17-13-4-6-14(18)7-5-13/h4-11,17-18H,2-3,12H2,1H3. The van der Waals surface area contributed by atoms with Crippen LogP contribution in [-0.4, -0.2) is 20.1 Å². The maximum atomic E-state index is 12.2. The average Bonchev–Trinajstić information content (AvgIpc) is 2.50. The van der Waals surface area contributed by atoms with Gasteiger partial charge < -0.3 is 9.84 Å². The highest BCUT2D eigenvalue weighted by Gasteiger charge is 2.14. The molecule has 0 radical (unpaired) electrons. The molecule has 0 bridgehead atoms. The Morgan fingerprint density at radius 1 is 1.05 bits per heavy atom. The zero-order valence-corrected chi connectivity index (χ0v) is 13.1.